The van der Waals surface area contributed by atoms with Gasteiger partial charge < -0.3 is 15.3 Å². The molecule has 2 rings (SSSR count). The van der Waals surface area contributed by atoms with E-state index >= 15 is 0 Å². The van der Waals surface area contributed by atoms with Crippen LogP contribution in [0, 0.1) is 11.8 Å². The van der Waals surface area contributed by atoms with Crippen molar-refractivity contribution in [3.05, 3.63) is 0 Å². The quantitative estimate of drug-likeness (QED) is 0.226. The van der Waals surface area contributed by atoms with Crippen molar-refractivity contribution in [2.45, 2.75) is 33.1 Å². The zero-order chi connectivity index (χ0) is 29.8. The number of hydrogen-bond acceptors (Lipinski definition) is 10. The first-order valence-electron chi connectivity index (χ1n) is 13.8. The molecule has 2 fully saturated rings. The molecule has 40 heavy (non-hydrogen) atoms. The van der Waals surface area contributed by atoms with Crippen LogP contribution in [-0.2, 0) is 28.8 Å². The average Bonchev–Trinajstić information content (AvgIpc) is 3.13. The van der Waals surface area contributed by atoms with Crippen LogP contribution in [0.25, 0.3) is 0 Å². The third-order valence-electron chi connectivity index (χ3n) is 7.33. The molecule has 0 bridgehead atoms. The monoisotopic (exact) mass is 569 g/mol. The topological polar surface area (TPSA) is 179 Å². The van der Waals surface area contributed by atoms with Gasteiger partial charge in [0.05, 0.1) is 26.2 Å². The van der Waals surface area contributed by atoms with Crippen LogP contribution in [0.3, 0.4) is 0 Å². The highest BCUT2D eigenvalue weighted by molar-refractivity contribution is 6.03. The maximum Gasteiger partial charge on any atom is 0.317 e. The molecule has 3 N–H and O–H groups in total. The number of carboxylic acids is 3. The van der Waals surface area contributed by atoms with Gasteiger partial charge in [0.15, 0.2) is 0 Å². The highest BCUT2D eigenvalue weighted by Crippen LogP contribution is 2.26. The Morgan fingerprint density at radius 3 is 1.40 bits per heavy atom. The lowest BCUT2D eigenvalue weighted by molar-refractivity contribution is -0.140. The number of nitrogens with zero attached hydrogens (tertiary/aromatic N) is 5. The van der Waals surface area contributed by atoms with E-state index < -0.39 is 17.9 Å². The lowest BCUT2D eigenvalue weighted by Crippen LogP contribution is -2.49. The number of amides is 2. The summed E-state index contributed by atoms with van der Waals surface area (Å²) in [6, 6.07) is 0. The largest absolute Gasteiger partial charge is 0.480 e. The summed E-state index contributed by atoms with van der Waals surface area (Å²) in [5.74, 6) is -3.79. The Morgan fingerprint density at radius 2 is 1.07 bits per heavy atom. The van der Waals surface area contributed by atoms with Crippen LogP contribution in [0.15, 0.2) is 0 Å². The standard InChI is InChI=1S/C26H43N5O9/c1-19(2)21-14-22(33)31(26(21)40)5-3-4-20(32)15-27-6-8-28(16-23(34)35)10-12-30(18-25(38)39)13-11-29(9-7-27)17-24(36)37/h19,21H,3-18H2,1-2H3,(H,34,35)(H,36,37)(H,38,39). The van der Waals surface area contributed by atoms with E-state index in [9.17, 15) is 44.1 Å². The molecular formula is C26H43N5O9. The molecule has 2 saturated heterocycles. The molecule has 0 aromatic carbocycles. The number of carbonyl (C=O) groups excluding carboxylic acids is 3. The van der Waals surface area contributed by atoms with Gasteiger partial charge in [-0.1, -0.05) is 13.8 Å². The number of Topliss-reactive ketones (excluding diaryl/α,β-unsaturated/α-hetero) is 1. The zero-order valence-corrected chi connectivity index (χ0v) is 23.5. The van der Waals surface area contributed by atoms with E-state index in [0.29, 0.717) is 58.8 Å². The number of likely N-dealkylation sites (tertiary alicyclic amines) is 1. The van der Waals surface area contributed by atoms with Crippen LogP contribution in [0.5, 0.6) is 0 Å². The molecule has 14 heteroatoms. The molecule has 0 aliphatic carbocycles. The van der Waals surface area contributed by atoms with Crippen LogP contribution in [0.2, 0.25) is 0 Å². The number of imide groups is 1. The first-order valence-corrected chi connectivity index (χ1v) is 13.8. The minimum Gasteiger partial charge on any atom is -0.480 e. The molecule has 0 spiro atoms. The smallest absolute Gasteiger partial charge is 0.317 e. The van der Waals surface area contributed by atoms with Gasteiger partial charge in [-0.15, -0.1) is 0 Å². The number of carboxylic acid groups (broad SMARTS) is 3. The van der Waals surface area contributed by atoms with Crippen LogP contribution in [0.4, 0.5) is 0 Å². The predicted molar refractivity (Wildman–Crippen MR) is 143 cm³/mol. The summed E-state index contributed by atoms with van der Waals surface area (Å²) in [5, 5.41) is 27.9. The molecule has 226 valence electrons. The second kappa shape index (κ2) is 16.4. The molecule has 0 saturated carbocycles. The van der Waals surface area contributed by atoms with Gasteiger partial charge in [-0.05, 0) is 12.3 Å². The van der Waals surface area contributed by atoms with Gasteiger partial charge in [0.2, 0.25) is 11.8 Å². The number of rotatable bonds is 13. The third kappa shape index (κ3) is 11.7. The lowest BCUT2D eigenvalue weighted by atomic mass is 9.94. The minimum atomic E-state index is -1.02. The highest BCUT2D eigenvalue weighted by Gasteiger charge is 2.39. The van der Waals surface area contributed by atoms with Crippen molar-refractivity contribution in [1.82, 2.24) is 24.5 Å². The molecule has 14 nitrogen and oxygen atoms in total. The second-order valence-electron chi connectivity index (χ2n) is 10.9. The van der Waals surface area contributed by atoms with Crippen molar-refractivity contribution < 1.29 is 44.1 Å². The molecule has 0 aromatic heterocycles. The van der Waals surface area contributed by atoms with Gasteiger partial charge in [-0.2, -0.15) is 0 Å². The van der Waals surface area contributed by atoms with Crippen molar-refractivity contribution in [2.75, 3.05) is 85.1 Å². The van der Waals surface area contributed by atoms with E-state index in [-0.39, 0.29) is 75.0 Å². The molecule has 2 amide bonds. The average molecular weight is 570 g/mol. The van der Waals surface area contributed by atoms with E-state index in [0.717, 1.165) is 0 Å². The molecule has 2 heterocycles. The van der Waals surface area contributed by atoms with E-state index in [1.807, 2.05) is 18.7 Å². The Balaban J connectivity index is 2.01. The maximum absolute atomic E-state index is 12.9. The normalized spacial score (nSPS) is 21.4. The molecule has 1 atom stereocenters. The van der Waals surface area contributed by atoms with Gasteiger partial charge in [-0.25, -0.2) is 0 Å². The van der Waals surface area contributed by atoms with Crippen LogP contribution >= 0.6 is 0 Å². The fourth-order valence-electron chi connectivity index (χ4n) is 5.01. The second-order valence-corrected chi connectivity index (χ2v) is 10.9. The summed E-state index contributed by atoms with van der Waals surface area (Å²) < 4.78 is 0. The molecule has 2 aliphatic heterocycles. The minimum absolute atomic E-state index is 0.0682. The number of aliphatic carboxylic acids is 3. The Labute approximate surface area is 234 Å². The fourth-order valence-corrected chi connectivity index (χ4v) is 5.01. The summed E-state index contributed by atoms with van der Waals surface area (Å²) in [6.45, 7) is 5.93. The van der Waals surface area contributed by atoms with E-state index in [4.69, 9.17) is 0 Å². The van der Waals surface area contributed by atoms with E-state index in [1.54, 1.807) is 14.7 Å². The van der Waals surface area contributed by atoms with Crippen molar-refractivity contribution in [2.24, 2.45) is 11.8 Å². The summed E-state index contributed by atoms with van der Waals surface area (Å²) in [4.78, 5) is 79.9. The lowest BCUT2D eigenvalue weighted by Gasteiger charge is -2.32. The van der Waals surface area contributed by atoms with Crippen LogP contribution in [0.1, 0.15) is 33.1 Å². The Morgan fingerprint density at radius 1 is 0.700 bits per heavy atom. The van der Waals surface area contributed by atoms with Crippen LogP contribution < -0.4 is 0 Å². The first-order chi connectivity index (χ1) is 18.8. The van der Waals surface area contributed by atoms with Crippen molar-refractivity contribution >= 4 is 35.5 Å². The first kappa shape index (κ1) is 33.3. The number of ketones is 1. The SMILES string of the molecule is CC(C)C1CC(=O)N(CCCC(=O)CN2CCN(CC(=O)O)CCN(CC(=O)O)CCN(CC(=O)O)CC2)C1=O. The van der Waals surface area contributed by atoms with Crippen LogP contribution in [-0.4, -0.2) is 160 Å². The zero-order valence-electron chi connectivity index (χ0n) is 23.5. The molecular weight excluding hydrogens is 526 g/mol. The number of hydrogen-bond donors (Lipinski definition) is 3. The van der Waals surface area contributed by atoms with E-state index in [1.165, 1.54) is 4.90 Å². The van der Waals surface area contributed by atoms with Gasteiger partial charge in [0.1, 0.15) is 5.78 Å². The van der Waals surface area contributed by atoms with E-state index in [2.05, 4.69) is 0 Å². The predicted octanol–water partition coefficient (Wildman–Crippen LogP) is -1.16. The third-order valence-corrected chi connectivity index (χ3v) is 7.33. The van der Waals surface area contributed by atoms with Crippen molar-refractivity contribution in [3.8, 4) is 0 Å². The van der Waals surface area contributed by atoms with Gasteiger partial charge in [0.25, 0.3) is 0 Å². The van der Waals surface area contributed by atoms with Gasteiger partial charge in [0, 0.05) is 77.7 Å². The fraction of sp³-hybridized carbons (Fsp3) is 0.769. The van der Waals surface area contributed by atoms with Gasteiger partial charge in [-0.3, -0.25) is 53.3 Å². The molecule has 2 aliphatic rings. The maximum atomic E-state index is 12.9. The Bertz CT molecular complexity index is 896. The Hall–Kier alpha value is -2.94. The van der Waals surface area contributed by atoms with Crippen molar-refractivity contribution in [1.29, 1.82) is 0 Å². The van der Waals surface area contributed by atoms with Crippen molar-refractivity contribution in [3.63, 3.8) is 0 Å². The summed E-state index contributed by atoms with van der Waals surface area (Å²) in [7, 11) is 0. The molecule has 0 aromatic rings. The molecule has 0 radical (unpaired) electrons. The molecule has 1 unspecified atom stereocenters. The van der Waals surface area contributed by atoms with Gasteiger partial charge >= 0.3 is 17.9 Å². The summed E-state index contributed by atoms with van der Waals surface area (Å²) >= 11 is 0. The Kier molecular flexibility index (Phi) is 13.6. The summed E-state index contributed by atoms with van der Waals surface area (Å²) in [5.41, 5.74) is 0. The summed E-state index contributed by atoms with van der Waals surface area (Å²) in [6.07, 6.45) is 0.721. The number of carbonyl (C=O) groups is 6. The highest BCUT2D eigenvalue weighted by atomic mass is 16.4.